The fourth-order valence-corrected chi connectivity index (χ4v) is 1.91. The summed E-state index contributed by atoms with van der Waals surface area (Å²) in [4.78, 5) is 0. The summed E-state index contributed by atoms with van der Waals surface area (Å²) in [6.07, 6.45) is 0. The molecule has 0 atom stereocenters. The van der Waals surface area contributed by atoms with Crippen LogP contribution in [0.5, 0.6) is 0 Å². The van der Waals surface area contributed by atoms with Crippen LogP contribution in [-0.4, -0.2) is 5.84 Å². The summed E-state index contributed by atoms with van der Waals surface area (Å²) in [7, 11) is 0. The van der Waals surface area contributed by atoms with E-state index in [0.717, 1.165) is 11.1 Å². The normalized spacial score (nSPS) is 9.85. The fourth-order valence-electron chi connectivity index (χ4n) is 1.72. The van der Waals surface area contributed by atoms with Crippen LogP contribution in [0.15, 0.2) is 48.5 Å². The Bertz CT molecular complexity index is 588. The van der Waals surface area contributed by atoms with Crippen LogP contribution < -0.4 is 5.73 Å². The number of amidine groups is 1. The smallest absolute Gasteiger partial charge is 0.122 e. The van der Waals surface area contributed by atoms with Crippen LogP contribution in [0.1, 0.15) is 16.7 Å². The van der Waals surface area contributed by atoms with Crippen LogP contribution >= 0.6 is 24.0 Å². The average molecular weight is 311 g/mol. The van der Waals surface area contributed by atoms with E-state index in [4.69, 9.17) is 27.5 Å². The summed E-state index contributed by atoms with van der Waals surface area (Å²) in [5.41, 5.74) is 8.11. The van der Waals surface area contributed by atoms with E-state index < -0.39 is 0 Å². The molecule has 3 nitrogen and oxygen atoms in total. The van der Waals surface area contributed by atoms with Gasteiger partial charge in [-0.15, -0.1) is 12.4 Å². The van der Waals surface area contributed by atoms with Crippen LogP contribution in [-0.2, 0) is 18.0 Å². The molecule has 3 N–H and O–H groups in total. The molecule has 2 aromatic carbocycles. The summed E-state index contributed by atoms with van der Waals surface area (Å²) in [6, 6.07) is 15.1. The Morgan fingerprint density at radius 3 is 2.55 bits per heavy atom. The summed E-state index contributed by atoms with van der Waals surface area (Å²) in [6.45, 7) is 0.927. The first-order valence-corrected chi connectivity index (χ1v) is 6.29. The van der Waals surface area contributed by atoms with Gasteiger partial charge in [-0.3, -0.25) is 5.41 Å². The molecular weight excluding hydrogens is 295 g/mol. The number of benzene rings is 2. The van der Waals surface area contributed by atoms with Crippen molar-refractivity contribution in [1.29, 1.82) is 5.41 Å². The van der Waals surface area contributed by atoms with E-state index in [1.165, 1.54) is 0 Å². The first kappa shape index (κ1) is 16.5. The van der Waals surface area contributed by atoms with Gasteiger partial charge in [0.2, 0.25) is 0 Å². The number of nitrogens with one attached hydrogen (secondary N) is 1. The van der Waals surface area contributed by atoms with Gasteiger partial charge < -0.3 is 10.5 Å². The Hall–Kier alpha value is -1.55. The summed E-state index contributed by atoms with van der Waals surface area (Å²) in [5, 5.41) is 8.10. The molecule has 0 amide bonds. The maximum Gasteiger partial charge on any atom is 0.122 e. The van der Waals surface area contributed by atoms with Crippen molar-refractivity contribution in [1.82, 2.24) is 0 Å². The van der Waals surface area contributed by atoms with E-state index >= 15 is 0 Å². The Morgan fingerprint density at radius 2 is 1.85 bits per heavy atom. The van der Waals surface area contributed by atoms with Gasteiger partial charge in [-0.1, -0.05) is 48.0 Å². The van der Waals surface area contributed by atoms with Crippen LogP contribution in [0.2, 0.25) is 5.02 Å². The lowest BCUT2D eigenvalue weighted by atomic mass is 10.1. The van der Waals surface area contributed by atoms with Crippen molar-refractivity contribution in [2.45, 2.75) is 13.2 Å². The quantitative estimate of drug-likeness (QED) is 0.652. The van der Waals surface area contributed by atoms with Crippen molar-refractivity contribution >= 4 is 29.8 Å². The number of hydrogen-bond donors (Lipinski definition) is 2. The largest absolute Gasteiger partial charge is 0.384 e. The van der Waals surface area contributed by atoms with Gasteiger partial charge in [0.1, 0.15) is 5.84 Å². The molecule has 0 aromatic heterocycles. The SMILES string of the molecule is Cl.N=C(N)c1cccc(COCc2ccccc2Cl)c1. The third-order valence-corrected chi connectivity index (χ3v) is 3.09. The summed E-state index contributed by atoms with van der Waals surface area (Å²) < 4.78 is 5.63. The molecule has 5 heteroatoms. The maximum atomic E-state index is 7.39. The van der Waals surface area contributed by atoms with Gasteiger partial charge in [-0.25, -0.2) is 0 Å². The van der Waals surface area contributed by atoms with E-state index in [1.807, 2.05) is 42.5 Å². The fraction of sp³-hybridized carbons (Fsp3) is 0.133. The minimum absolute atomic E-state index is 0. The molecule has 0 heterocycles. The molecule has 20 heavy (non-hydrogen) atoms. The number of ether oxygens (including phenoxy) is 1. The minimum atomic E-state index is 0. The predicted octanol–water partition coefficient (Wildman–Crippen LogP) is 3.76. The zero-order chi connectivity index (χ0) is 13.7. The van der Waals surface area contributed by atoms with Crippen LogP contribution in [0.3, 0.4) is 0 Å². The standard InChI is InChI=1S/C15H15ClN2O.ClH/c16-14-7-2-1-5-13(14)10-19-9-11-4-3-6-12(8-11)15(17)18;/h1-8H,9-10H2,(H3,17,18);1H. The van der Waals surface area contributed by atoms with Crippen LogP contribution in [0, 0.1) is 5.41 Å². The molecule has 0 aliphatic heterocycles. The molecule has 0 saturated carbocycles. The molecule has 0 unspecified atom stereocenters. The topological polar surface area (TPSA) is 59.1 Å². The Kier molecular flexibility index (Phi) is 6.52. The zero-order valence-corrected chi connectivity index (χ0v) is 12.4. The molecular formula is C15H16Cl2N2O. The molecule has 0 spiro atoms. The van der Waals surface area contributed by atoms with Crippen molar-refractivity contribution in [2.24, 2.45) is 5.73 Å². The molecule has 2 aromatic rings. The van der Waals surface area contributed by atoms with Crippen molar-refractivity contribution in [3.63, 3.8) is 0 Å². The molecule has 0 aliphatic rings. The number of nitrogens with two attached hydrogens (primary N) is 1. The Balaban J connectivity index is 0.00000200. The summed E-state index contributed by atoms with van der Waals surface area (Å²) >= 11 is 6.05. The van der Waals surface area contributed by atoms with Crippen LogP contribution in [0.25, 0.3) is 0 Å². The van der Waals surface area contributed by atoms with E-state index in [1.54, 1.807) is 6.07 Å². The lowest BCUT2D eigenvalue weighted by Gasteiger charge is -2.07. The first-order valence-electron chi connectivity index (χ1n) is 5.91. The van der Waals surface area contributed by atoms with E-state index in [0.29, 0.717) is 23.8 Å². The third kappa shape index (κ3) is 4.53. The monoisotopic (exact) mass is 310 g/mol. The van der Waals surface area contributed by atoms with Gasteiger partial charge >= 0.3 is 0 Å². The van der Waals surface area contributed by atoms with E-state index in [9.17, 15) is 0 Å². The van der Waals surface area contributed by atoms with Gasteiger partial charge in [0, 0.05) is 10.6 Å². The lowest BCUT2D eigenvalue weighted by Crippen LogP contribution is -2.11. The zero-order valence-electron chi connectivity index (χ0n) is 10.8. The number of halogens is 2. The highest BCUT2D eigenvalue weighted by atomic mass is 35.5. The second-order valence-electron chi connectivity index (χ2n) is 4.20. The van der Waals surface area contributed by atoms with Gasteiger partial charge in [0.15, 0.2) is 0 Å². The van der Waals surface area contributed by atoms with Crippen molar-refractivity contribution in [3.05, 3.63) is 70.2 Å². The van der Waals surface area contributed by atoms with E-state index in [2.05, 4.69) is 0 Å². The van der Waals surface area contributed by atoms with Crippen molar-refractivity contribution in [2.75, 3.05) is 0 Å². The molecule has 0 bridgehead atoms. The molecule has 0 saturated heterocycles. The van der Waals surface area contributed by atoms with Crippen LogP contribution in [0.4, 0.5) is 0 Å². The number of hydrogen-bond acceptors (Lipinski definition) is 2. The lowest BCUT2D eigenvalue weighted by molar-refractivity contribution is 0.107. The van der Waals surface area contributed by atoms with Gasteiger partial charge in [0.25, 0.3) is 0 Å². The van der Waals surface area contributed by atoms with Crippen molar-refractivity contribution < 1.29 is 4.74 Å². The highest BCUT2D eigenvalue weighted by molar-refractivity contribution is 6.31. The minimum Gasteiger partial charge on any atom is -0.384 e. The number of rotatable bonds is 5. The summed E-state index contributed by atoms with van der Waals surface area (Å²) in [5.74, 6) is 0.0629. The highest BCUT2D eigenvalue weighted by Crippen LogP contribution is 2.16. The predicted molar refractivity (Wildman–Crippen MR) is 84.7 cm³/mol. The van der Waals surface area contributed by atoms with Gasteiger partial charge in [0.05, 0.1) is 13.2 Å². The highest BCUT2D eigenvalue weighted by Gasteiger charge is 2.01. The van der Waals surface area contributed by atoms with Gasteiger partial charge in [-0.2, -0.15) is 0 Å². The number of nitrogen functional groups attached to an aromatic ring is 1. The molecule has 0 aliphatic carbocycles. The first-order chi connectivity index (χ1) is 9.16. The molecule has 2 rings (SSSR count). The molecule has 106 valence electrons. The average Bonchev–Trinajstić information content (AvgIpc) is 2.41. The molecule has 0 fully saturated rings. The second kappa shape index (κ2) is 7.90. The Labute approximate surface area is 129 Å². The van der Waals surface area contributed by atoms with Crippen molar-refractivity contribution in [3.8, 4) is 0 Å². The molecule has 0 radical (unpaired) electrons. The second-order valence-corrected chi connectivity index (χ2v) is 4.61. The van der Waals surface area contributed by atoms with E-state index in [-0.39, 0.29) is 18.2 Å². The third-order valence-electron chi connectivity index (χ3n) is 2.72. The van der Waals surface area contributed by atoms with Gasteiger partial charge in [-0.05, 0) is 23.3 Å². The Morgan fingerprint density at radius 1 is 1.10 bits per heavy atom. The maximum absolute atomic E-state index is 7.39.